The lowest BCUT2D eigenvalue weighted by Crippen LogP contribution is -2.32. The molecular formula is C17H25ClO. The third-order valence-electron chi connectivity index (χ3n) is 4.90. The Morgan fingerprint density at radius 2 is 1.84 bits per heavy atom. The monoisotopic (exact) mass is 280 g/mol. The van der Waals surface area contributed by atoms with Crippen LogP contribution in [-0.4, -0.2) is 5.11 Å². The van der Waals surface area contributed by atoms with Crippen LogP contribution in [0, 0.1) is 25.2 Å². The van der Waals surface area contributed by atoms with Gasteiger partial charge in [0.1, 0.15) is 0 Å². The van der Waals surface area contributed by atoms with Crippen LogP contribution in [0.15, 0.2) is 12.1 Å². The van der Waals surface area contributed by atoms with Gasteiger partial charge in [-0.05, 0) is 60.8 Å². The lowest BCUT2D eigenvalue weighted by Gasteiger charge is -2.41. The van der Waals surface area contributed by atoms with Crippen molar-refractivity contribution in [2.24, 2.45) is 11.3 Å². The molecule has 1 aliphatic carbocycles. The topological polar surface area (TPSA) is 20.2 Å². The molecule has 1 aliphatic rings. The number of aliphatic hydroxyl groups is 1. The van der Waals surface area contributed by atoms with E-state index in [4.69, 9.17) is 11.6 Å². The molecule has 2 heteroatoms. The molecule has 1 fully saturated rings. The average Bonchev–Trinajstić information content (AvgIpc) is 2.32. The predicted molar refractivity (Wildman–Crippen MR) is 81.6 cm³/mol. The summed E-state index contributed by atoms with van der Waals surface area (Å²) in [6.07, 6.45) is 4.33. The molecule has 1 N–H and O–H groups in total. The minimum absolute atomic E-state index is 0.194. The van der Waals surface area contributed by atoms with Crippen LogP contribution < -0.4 is 0 Å². The zero-order valence-corrected chi connectivity index (χ0v) is 13.2. The van der Waals surface area contributed by atoms with Gasteiger partial charge in [-0.15, -0.1) is 0 Å². The van der Waals surface area contributed by atoms with E-state index in [1.807, 2.05) is 6.07 Å². The van der Waals surface area contributed by atoms with Crippen LogP contribution in [0.3, 0.4) is 0 Å². The number of hydrogen-bond acceptors (Lipinski definition) is 1. The minimum atomic E-state index is -0.443. The van der Waals surface area contributed by atoms with Crippen LogP contribution in [0.1, 0.15) is 62.3 Å². The van der Waals surface area contributed by atoms with Gasteiger partial charge in [0, 0.05) is 5.02 Å². The molecule has 1 aromatic carbocycles. The summed E-state index contributed by atoms with van der Waals surface area (Å²) in [6, 6.07) is 4.04. The third kappa shape index (κ3) is 2.98. The SMILES string of the molecule is Cc1cc(Cl)c(C(O)C2CCCCC2(C)C)cc1C. The number of hydrogen-bond donors (Lipinski definition) is 1. The van der Waals surface area contributed by atoms with E-state index in [1.54, 1.807) is 0 Å². The highest BCUT2D eigenvalue weighted by Crippen LogP contribution is 2.47. The van der Waals surface area contributed by atoms with Gasteiger partial charge >= 0.3 is 0 Å². The first kappa shape index (κ1) is 14.9. The Kier molecular flexibility index (Phi) is 4.27. The maximum atomic E-state index is 10.8. The van der Waals surface area contributed by atoms with E-state index in [2.05, 4.69) is 33.8 Å². The molecule has 106 valence electrons. The van der Waals surface area contributed by atoms with Crippen molar-refractivity contribution in [2.75, 3.05) is 0 Å². The Balaban J connectivity index is 2.33. The molecular weight excluding hydrogens is 256 g/mol. The summed E-state index contributed by atoms with van der Waals surface area (Å²) in [5.74, 6) is 0.306. The summed E-state index contributed by atoms with van der Waals surface area (Å²) < 4.78 is 0. The van der Waals surface area contributed by atoms with E-state index in [9.17, 15) is 5.11 Å². The summed E-state index contributed by atoms with van der Waals surface area (Å²) in [4.78, 5) is 0. The zero-order valence-electron chi connectivity index (χ0n) is 12.5. The van der Waals surface area contributed by atoms with Crippen LogP contribution in [0.25, 0.3) is 0 Å². The van der Waals surface area contributed by atoms with E-state index >= 15 is 0 Å². The van der Waals surface area contributed by atoms with E-state index < -0.39 is 6.10 Å². The lowest BCUT2D eigenvalue weighted by molar-refractivity contribution is 0.00388. The Labute approximate surface area is 122 Å². The molecule has 2 rings (SSSR count). The maximum Gasteiger partial charge on any atom is 0.0837 e. The molecule has 1 saturated carbocycles. The molecule has 0 amide bonds. The third-order valence-corrected chi connectivity index (χ3v) is 5.23. The minimum Gasteiger partial charge on any atom is -0.388 e. The average molecular weight is 281 g/mol. The fourth-order valence-corrected chi connectivity index (χ4v) is 3.68. The van der Waals surface area contributed by atoms with Gasteiger partial charge in [-0.2, -0.15) is 0 Å². The molecule has 0 aromatic heterocycles. The van der Waals surface area contributed by atoms with Crippen molar-refractivity contribution in [1.82, 2.24) is 0 Å². The highest BCUT2D eigenvalue weighted by molar-refractivity contribution is 6.31. The second kappa shape index (κ2) is 5.46. The molecule has 2 atom stereocenters. The fourth-order valence-electron chi connectivity index (χ4n) is 3.35. The van der Waals surface area contributed by atoms with E-state index in [1.165, 1.54) is 30.4 Å². The van der Waals surface area contributed by atoms with Crippen molar-refractivity contribution < 1.29 is 5.11 Å². The second-order valence-electron chi connectivity index (χ2n) is 6.74. The van der Waals surface area contributed by atoms with Gasteiger partial charge in [-0.25, -0.2) is 0 Å². The summed E-state index contributed by atoms with van der Waals surface area (Å²) in [5.41, 5.74) is 3.49. The lowest BCUT2D eigenvalue weighted by atomic mass is 9.65. The maximum absolute atomic E-state index is 10.8. The molecule has 0 heterocycles. The van der Waals surface area contributed by atoms with E-state index in [0.29, 0.717) is 10.9 Å². The number of aliphatic hydroxyl groups excluding tert-OH is 1. The first-order chi connectivity index (χ1) is 8.83. The van der Waals surface area contributed by atoms with Gasteiger partial charge in [0.05, 0.1) is 6.10 Å². The standard InChI is InChI=1S/C17H25ClO/c1-11-9-13(15(18)10-12(11)2)16(19)14-7-5-6-8-17(14,3)4/h9-10,14,16,19H,5-8H2,1-4H3. The quantitative estimate of drug-likeness (QED) is 0.789. The number of benzene rings is 1. The van der Waals surface area contributed by atoms with Crippen molar-refractivity contribution in [3.63, 3.8) is 0 Å². The molecule has 19 heavy (non-hydrogen) atoms. The van der Waals surface area contributed by atoms with Gasteiger partial charge in [-0.3, -0.25) is 0 Å². The molecule has 2 unspecified atom stereocenters. The van der Waals surface area contributed by atoms with E-state index in [0.717, 1.165) is 12.0 Å². The van der Waals surface area contributed by atoms with Crippen molar-refractivity contribution in [1.29, 1.82) is 0 Å². The zero-order chi connectivity index (χ0) is 14.2. The highest BCUT2D eigenvalue weighted by Gasteiger charge is 2.38. The normalized spacial score (nSPS) is 24.2. The summed E-state index contributed by atoms with van der Waals surface area (Å²) in [5, 5.41) is 11.5. The number of aryl methyl sites for hydroxylation is 2. The Hall–Kier alpha value is -0.530. The Morgan fingerprint density at radius 1 is 1.21 bits per heavy atom. The summed E-state index contributed by atoms with van der Waals surface area (Å²) in [6.45, 7) is 8.68. The highest BCUT2D eigenvalue weighted by atomic mass is 35.5. The smallest absolute Gasteiger partial charge is 0.0837 e. The van der Waals surface area contributed by atoms with Gasteiger partial charge in [0.2, 0.25) is 0 Å². The van der Waals surface area contributed by atoms with Gasteiger partial charge < -0.3 is 5.11 Å². The van der Waals surface area contributed by atoms with Crippen molar-refractivity contribution in [3.05, 3.63) is 33.8 Å². The van der Waals surface area contributed by atoms with Crippen LogP contribution in [0.5, 0.6) is 0 Å². The molecule has 0 saturated heterocycles. The van der Waals surface area contributed by atoms with Crippen LogP contribution in [-0.2, 0) is 0 Å². The first-order valence-corrected chi connectivity index (χ1v) is 7.65. The Morgan fingerprint density at radius 3 is 2.47 bits per heavy atom. The Bertz CT molecular complexity index is 465. The first-order valence-electron chi connectivity index (χ1n) is 7.27. The van der Waals surface area contributed by atoms with Crippen molar-refractivity contribution >= 4 is 11.6 Å². The number of rotatable bonds is 2. The van der Waals surface area contributed by atoms with Crippen LogP contribution in [0.2, 0.25) is 5.02 Å². The van der Waals surface area contributed by atoms with Crippen LogP contribution in [0.4, 0.5) is 0 Å². The van der Waals surface area contributed by atoms with Gasteiger partial charge in [-0.1, -0.05) is 44.4 Å². The largest absolute Gasteiger partial charge is 0.388 e. The van der Waals surface area contributed by atoms with E-state index in [-0.39, 0.29) is 5.41 Å². The molecule has 0 aliphatic heterocycles. The fraction of sp³-hybridized carbons (Fsp3) is 0.647. The molecule has 1 nitrogen and oxygen atoms in total. The second-order valence-corrected chi connectivity index (χ2v) is 7.15. The van der Waals surface area contributed by atoms with Gasteiger partial charge in [0.15, 0.2) is 0 Å². The molecule has 0 bridgehead atoms. The molecule has 0 spiro atoms. The predicted octanol–water partition coefficient (Wildman–Crippen LogP) is 5.21. The van der Waals surface area contributed by atoms with Crippen molar-refractivity contribution in [3.8, 4) is 0 Å². The van der Waals surface area contributed by atoms with Crippen molar-refractivity contribution in [2.45, 2.75) is 59.5 Å². The van der Waals surface area contributed by atoms with Crippen LogP contribution >= 0.6 is 11.6 Å². The molecule has 1 aromatic rings. The summed E-state index contributed by atoms with van der Waals surface area (Å²) >= 11 is 6.35. The number of halogens is 1. The molecule has 0 radical (unpaired) electrons. The summed E-state index contributed by atoms with van der Waals surface area (Å²) in [7, 11) is 0. The van der Waals surface area contributed by atoms with Gasteiger partial charge in [0.25, 0.3) is 0 Å².